The lowest BCUT2D eigenvalue weighted by Crippen LogP contribution is -2.27. The predicted octanol–water partition coefficient (Wildman–Crippen LogP) is 2.04. The van der Waals surface area contributed by atoms with Crippen LogP contribution in [-0.4, -0.2) is 18.7 Å². The molecule has 0 aromatic rings. The second kappa shape index (κ2) is 5.53. The summed E-state index contributed by atoms with van der Waals surface area (Å²) in [6.45, 7) is 10.0. The van der Waals surface area contributed by atoms with Crippen molar-refractivity contribution in [2.24, 2.45) is 5.41 Å². The highest BCUT2D eigenvalue weighted by atomic mass is 16.7. The maximum Gasteiger partial charge on any atom is 0.335 e. The maximum absolute atomic E-state index is 11.4. The molecule has 0 spiro atoms. The van der Waals surface area contributed by atoms with Crippen molar-refractivity contribution in [3.63, 3.8) is 0 Å². The van der Waals surface area contributed by atoms with Gasteiger partial charge in [0.05, 0.1) is 5.41 Å². The number of hydrogen-bond acceptors (Lipinski definition) is 4. The Labute approximate surface area is 90.2 Å². The highest BCUT2D eigenvalue weighted by Crippen LogP contribution is 2.21. The first-order valence-corrected chi connectivity index (χ1v) is 4.81. The lowest BCUT2D eigenvalue weighted by Gasteiger charge is -2.19. The fourth-order valence-corrected chi connectivity index (χ4v) is 0.599. The van der Waals surface area contributed by atoms with E-state index in [4.69, 9.17) is 4.74 Å². The molecule has 0 rings (SSSR count). The molecule has 0 N–H and O–H groups in total. The van der Waals surface area contributed by atoms with Crippen molar-refractivity contribution in [2.45, 2.75) is 34.1 Å². The summed E-state index contributed by atoms with van der Waals surface area (Å²) >= 11 is 0. The van der Waals surface area contributed by atoms with E-state index in [1.807, 2.05) is 6.92 Å². The third-order valence-corrected chi connectivity index (χ3v) is 2.16. The molecule has 0 aliphatic rings. The van der Waals surface area contributed by atoms with Gasteiger partial charge >= 0.3 is 11.9 Å². The van der Waals surface area contributed by atoms with Gasteiger partial charge in [0.15, 0.2) is 0 Å². The molecule has 0 amide bonds. The highest BCUT2D eigenvalue weighted by Gasteiger charge is 2.27. The second-order valence-corrected chi connectivity index (χ2v) is 4.00. The first kappa shape index (κ1) is 13.7. The average Bonchev–Trinajstić information content (AvgIpc) is 2.17. The minimum Gasteiger partial charge on any atom is -0.427 e. The topological polar surface area (TPSA) is 52.6 Å². The summed E-state index contributed by atoms with van der Waals surface area (Å²) in [6, 6.07) is 0. The number of rotatable bonds is 5. The number of esters is 2. The molecule has 0 unspecified atom stereocenters. The smallest absolute Gasteiger partial charge is 0.335 e. The van der Waals surface area contributed by atoms with Crippen molar-refractivity contribution in [2.75, 3.05) is 6.79 Å². The first-order valence-electron chi connectivity index (χ1n) is 4.81. The molecule has 15 heavy (non-hydrogen) atoms. The molecule has 0 saturated heterocycles. The summed E-state index contributed by atoms with van der Waals surface area (Å²) in [5.41, 5.74) is -0.267. The molecule has 0 radical (unpaired) electrons. The summed E-state index contributed by atoms with van der Waals surface area (Å²) in [4.78, 5) is 22.3. The molecule has 4 nitrogen and oxygen atoms in total. The Morgan fingerprint density at radius 2 is 1.80 bits per heavy atom. The van der Waals surface area contributed by atoms with Crippen LogP contribution in [0.2, 0.25) is 0 Å². The minimum atomic E-state index is -0.558. The van der Waals surface area contributed by atoms with Gasteiger partial charge in [-0.05, 0) is 27.2 Å². The summed E-state index contributed by atoms with van der Waals surface area (Å²) in [6.07, 6.45) is 0.667. The van der Waals surface area contributed by atoms with Crippen LogP contribution in [0.25, 0.3) is 0 Å². The Hall–Kier alpha value is -1.32. The van der Waals surface area contributed by atoms with Gasteiger partial charge in [-0.3, -0.25) is 4.79 Å². The molecule has 0 aromatic carbocycles. The fraction of sp³-hybridized carbons (Fsp3) is 0.636. The normalized spacial score (nSPS) is 10.7. The lowest BCUT2D eigenvalue weighted by atomic mass is 9.91. The Bertz CT molecular complexity index is 266. The van der Waals surface area contributed by atoms with E-state index in [0.717, 1.165) is 0 Å². The van der Waals surface area contributed by atoms with E-state index in [1.54, 1.807) is 13.8 Å². The van der Waals surface area contributed by atoms with Crippen molar-refractivity contribution in [1.82, 2.24) is 0 Å². The van der Waals surface area contributed by atoms with Crippen molar-refractivity contribution in [3.05, 3.63) is 12.2 Å². The van der Waals surface area contributed by atoms with E-state index in [1.165, 1.54) is 6.92 Å². The summed E-state index contributed by atoms with van der Waals surface area (Å²) in [5, 5.41) is 0. The van der Waals surface area contributed by atoms with Gasteiger partial charge in [-0.1, -0.05) is 13.5 Å². The van der Waals surface area contributed by atoms with Crippen LogP contribution in [0.1, 0.15) is 34.1 Å². The number of ether oxygens (including phenoxy) is 2. The Morgan fingerprint density at radius 3 is 2.20 bits per heavy atom. The Kier molecular flexibility index (Phi) is 5.05. The zero-order valence-corrected chi connectivity index (χ0v) is 9.75. The van der Waals surface area contributed by atoms with E-state index in [9.17, 15) is 9.59 Å². The summed E-state index contributed by atoms with van der Waals surface area (Å²) in [7, 11) is 0. The molecule has 0 bridgehead atoms. The lowest BCUT2D eigenvalue weighted by molar-refractivity contribution is -0.171. The average molecular weight is 214 g/mol. The van der Waals surface area contributed by atoms with Crippen LogP contribution in [0.15, 0.2) is 12.2 Å². The van der Waals surface area contributed by atoms with Gasteiger partial charge in [0.25, 0.3) is 0 Å². The molecule has 0 heterocycles. The molecule has 0 aliphatic carbocycles. The quantitative estimate of drug-likeness (QED) is 0.399. The van der Waals surface area contributed by atoms with E-state index < -0.39 is 11.4 Å². The predicted molar refractivity (Wildman–Crippen MR) is 55.9 cm³/mol. The summed E-state index contributed by atoms with van der Waals surface area (Å²) < 4.78 is 9.43. The zero-order chi connectivity index (χ0) is 12.1. The van der Waals surface area contributed by atoms with Gasteiger partial charge in [-0.15, -0.1) is 0 Å². The van der Waals surface area contributed by atoms with E-state index in [0.29, 0.717) is 6.42 Å². The van der Waals surface area contributed by atoms with Crippen LogP contribution in [-0.2, 0) is 19.1 Å². The van der Waals surface area contributed by atoms with Gasteiger partial charge in [0, 0.05) is 5.57 Å². The third-order valence-electron chi connectivity index (χ3n) is 2.16. The highest BCUT2D eigenvalue weighted by molar-refractivity contribution is 5.87. The summed E-state index contributed by atoms with van der Waals surface area (Å²) in [5.74, 6) is -0.934. The monoisotopic (exact) mass is 214 g/mol. The molecule has 0 saturated carbocycles. The zero-order valence-electron chi connectivity index (χ0n) is 9.75. The fourth-order valence-electron chi connectivity index (χ4n) is 0.599. The SMILES string of the molecule is C=C(C)C(=O)OCOC(=O)C(C)(C)CC. The third kappa shape index (κ3) is 4.63. The molecule has 0 aliphatic heterocycles. The van der Waals surface area contributed by atoms with E-state index in [-0.39, 0.29) is 18.3 Å². The Morgan fingerprint density at radius 1 is 1.27 bits per heavy atom. The van der Waals surface area contributed by atoms with E-state index in [2.05, 4.69) is 11.3 Å². The largest absolute Gasteiger partial charge is 0.427 e. The molecule has 0 fully saturated rings. The van der Waals surface area contributed by atoms with Gasteiger partial charge in [0.1, 0.15) is 0 Å². The van der Waals surface area contributed by atoms with Crippen LogP contribution in [0.4, 0.5) is 0 Å². The number of carbonyl (C=O) groups is 2. The first-order chi connectivity index (χ1) is 6.81. The second-order valence-electron chi connectivity index (χ2n) is 4.00. The van der Waals surface area contributed by atoms with Gasteiger partial charge in [-0.2, -0.15) is 0 Å². The van der Waals surface area contributed by atoms with Crippen molar-refractivity contribution >= 4 is 11.9 Å². The molecule has 4 heteroatoms. The van der Waals surface area contributed by atoms with Crippen LogP contribution in [0.5, 0.6) is 0 Å². The maximum atomic E-state index is 11.4. The van der Waals surface area contributed by atoms with Crippen LogP contribution in [0.3, 0.4) is 0 Å². The van der Waals surface area contributed by atoms with Crippen molar-refractivity contribution in [1.29, 1.82) is 0 Å². The van der Waals surface area contributed by atoms with Gasteiger partial charge in [-0.25, -0.2) is 4.79 Å². The molecule has 0 atom stereocenters. The standard InChI is InChI=1S/C11H18O4/c1-6-11(4,5)10(13)15-7-14-9(12)8(2)3/h2,6-7H2,1,3-5H3. The van der Waals surface area contributed by atoms with E-state index >= 15 is 0 Å². The number of hydrogen-bond donors (Lipinski definition) is 0. The minimum absolute atomic E-state index is 0.279. The number of carbonyl (C=O) groups excluding carboxylic acids is 2. The Balaban J connectivity index is 3.93. The van der Waals surface area contributed by atoms with Gasteiger partial charge in [0.2, 0.25) is 6.79 Å². The van der Waals surface area contributed by atoms with Gasteiger partial charge < -0.3 is 9.47 Å². The molecular weight excluding hydrogens is 196 g/mol. The molecule has 0 aromatic heterocycles. The van der Waals surface area contributed by atoms with Crippen LogP contribution in [0, 0.1) is 5.41 Å². The van der Waals surface area contributed by atoms with Crippen LogP contribution < -0.4 is 0 Å². The van der Waals surface area contributed by atoms with Crippen molar-refractivity contribution in [3.8, 4) is 0 Å². The molecule has 86 valence electrons. The molecular formula is C11H18O4. The van der Waals surface area contributed by atoms with Crippen LogP contribution >= 0.6 is 0 Å². The van der Waals surface area contributed by atoms with Crippen molar-refractivity contribution < 1.29 is 19.1 Å².